The Hall–Kier alpha value is -2.81. The van der Waals surface area contributed by atoms with Crippen molar-refractivity contribution in [1.82, 2.24) is 0 Å². The standard InChI is InChI=1S/C15H12BrN3O5/c1-2-9-3-4-14(13(16)5-9)17-15(20)10-6-11(18(21)22)8-12(7-10)19(23)24/h3-8H,2H2,1H3,(H,17,20). The van der Waals surface area contributed by atoms with Crippen LogP contribution in [0.25, 0.3) is 0 Å². The minimum absolute atomic E-state index is 0.164. The first-order chi connectivity index (χ1) is 11.3. The second-order valence-electron chi connectivity index (χ2n) is 4.87. The fourth-order valence-corrected chi connectivity index (χ4v) is 2.54. The van der Waals surface area contributed by atoms with Crippen molar-refractivity contribution in [2.24, 2.45) is 0 Å². The summed E-state index contributed by atoms with van der Waals surface area (Å²) < 4.78 is 0.648. The van der Waals surface area contributed by atoms with Gasteiger partial charge in [-0.15, -0.1) is 0 Å². The predicted octanol–water partition coefficient (Wildman–Crippen LogP) is 4.08. The summed E-state index contributed by atoms with van der Waals surface area (Å²) in [6.07, 6.45) is 0.823. The molecule has 1 N–H and O–H groups in total. The van der Waals surface area contributed by atoms with Crippen LogP contribution in [0.5, 0.6) is 0 Å². The summed E-state index contributed by atoms with van der Waals surface area (Å²) in [5.74, 6) is -0.674. The Labute approximate surface area is 144 Å². The minimum Gasteiger partial charge on any atom is -0.321 e. The van der Waals surface area contributed by atoms with Crippen molar-refractivity contribution in [3.05, 3.63) is 72.2 Å². The molecule has 24 heavy (non-hydrogen) atoms. The number of amides is 1. The van der Waals surface area contributed by atoms with Gasteiger partial charge < -0.3 is 5.32 Å². The fourth-order valence-electron chi connectivity index (χ4n) is 2.01. The van der Waals surface area contributed by atoms with E-state index in [2.05, 4.69) is 21.2 Å². The molecule has 1 amide bonds. The highest BCUT2D eigenvalue weighted by molar-refractivity contribution is 9.10. The van der Waals surface area contributed by atoms with Crippen LogP contribution in [0.1, 0.15) is 22.8 Å². The van der Waals surface area contributed by atoms with E-state index in [4.69, 9.17) is 0 Å². The molecule has 0 aliphatic heterocycles. The number of benzene rings is 2. The smallest absolute Gasteiger partial charge is 0.277 e. The van der Waals surface area contributed by atoms with Crippen molar-refractivity contribution in [3.63, 3.8) is 0 Å². The van der Waals surface area contributed by atoms with E-state index in [1.807, 2.05) is 19.1 Å². The second-order valence-corrected chi connectivity index (χ2v) is 5.73. The molecular weight excluding hydrogens is 382 g/mol. The number of nitro benzene ring substituents is 2. The van der Waals surface area contributed by atoms with Gasteiger partial charge in [-0.1, -0.05) is 13.0 Å². The molecular formula is C15H12BrN3O5. The van der Waals surface area contributed by atoms with E-state index >= 15 is 0 Å². The Morgan fingerprint density at radius 1 is 1.08 bits per heavy atom. The first-order valence-electron chi connectivity index (χ1n) is 6.85. The average molecular weight is 394 g/mol. The molecule has 2 rings (SSSR count). The molecule has 0 heterocycles. The lowest BCUT2D eigenvalue weighted by atomic mass is 10.1. The van der Waals surface area contributed by atoms with Crippen LogP contribution in [0.2, 0.25) is 0 Å². The summed E-state index contributed by atoms with van der Waals surface area (Å²) in [6, 6.07) is 8.16. The van der Waals surface area contributed by atoms with Gasteiger partial charge in [0, 0.05) is 16.6 Å². The lowest BCUT2D eigenvalue weighted by molar-refractivity contribution is -0.394. The number of nitrogens with one attached hydrogen (secondary N) is 1. The molecule has 0 aliphatic rings. The van der Waals surface area contributed by atoms with Crippen LogP contribution in [0.15, 0.2) is 40.9 Å². The van der Waals surface area contributed by atoms with Gasteiger partial charge in [-0.25, -0.2) is 0 Å². The van der Waals surface area contributed by atoms with Crippen LogP contribution < -0.4 is 5.32 Å². The number of hydrogen-bond donors (Lipinski definition) is 1. The van der Waals surface area contributed by atoms with E-state index in [1.54, 1.807) is 6.07 Å². The van der Waals surface area contributed by atoms with Crippen molar-refractivity contribution in [3.8, 4) is 0 Å². The molecule has 8 nitrogen and oxygen atoms in total. The van der Waals surface area contributed by atoms with Crippen LogP contribution in [0, 0.1) is 20.2 Å². The third-order valence-corrected chi connectivity index (χ3v) is 3.93. The molecule has 0 aliphatic carbocycles. The van der Waals surface area contributed by atoms with Gasteiger partial charge in [0.15, 0.2) is 0 Å². The highest BCUT2D eigenvalue weighted by atomic mass is 79.9. The molecule has 0 radical (unpaired) electrons. The maximum absolute atomic E-state index is 12.3. The number of carbonyl (C=O) groups is 1. The van der Waals surface area contributed by atoms with Crippen LogP contribution in [0.4, 0.5) is 17.1 Å². The SMILES string of the molecule is CCc1ccc(NC(=O)c2cc([N+](=O)[O-])cc([N+](=O)[O-])c2)c(Br)c1. The normalized spacial score (nSPS) is 10.2. The van der Waals surface area contributed by atoms with Gasteiger partial charge in [0.05, 0.1) is 27.2 Å². The summed E-state index contributed by atoms with van der Waals surface area (Å²) in [6.45, 7) is 1.99. The van der Waals surface area contributed by atoms with E-state index in [0.717, 1.165) is 30.2 Å². The van der Waals surface area contributed by atoms with Gasteiger partial charge in [-0.3, -0.25) is 25.0 Å². The van der Waals surface area contributed by atoms with Gasteiger partial charge in [-0.2, -0.15) is 0 Å². The van der Waals surface area contributed by atoms with Crippen molar-refractivity contribution in [2.45, 2.75) is 13.3 Å². The summed E-state index contributed by atoms with van der Waals surface area (Å²) >= 11 is 3.33. The Morgan fingerprint density at radius 2 is 1.67 bits per heavy atom. The molecule has 0 atom stereocenters. The van der Waals surface area contributed by atoms with Gasteiger partial charge in [0.25, 0.3) is 17.3 Å². The average Bonchev–Trinajstić information content (AvgIpc) is 2.55. The molecule has 9 heteroatoms. The van der Waals surface area contributed by atoms with Crippen molar-refractivity contribution in [2.75, 3.05) is 5.32 Å². The van der Waals surface area contributed by atoms with Crippen molar-refractivity contribution < 1.29 is 14.6 Å². The molecule has 0 bridgehead atoms. The zero-order valence-corrected chi connectivity index (χ0v) is 14.1. The maximum atomic E-state index is 12.3. The first kappa shape index (κ1) is 17.5. The van der Waals surface area contributed by atoms with E-state index in [1.165, 1.54) is 0 Å². The summed E-state index contributed by atoms with van der Waals surface area (Å²) in [7, 11) is 0. The number of carbonyl (C=O) groups excluding carboxylic acids is 1. The third-order valence-electron chi connectivity index (χ3n) is 3.28. The van der Waals surface area contributed by atoms with E-state index in [0.29, 0.717) is 10.2 Å². The number of halogens is 1. The number of rotatable bonds is 5. The quantitative estimate of drug-likeness (QED) is 0.606. The highest BCUT2D eigenvalue weighted by Crippen LogP contribution is 2.26. The molecule has 0 saturated heterocycles. The van der Waals surface area contributed by atoms with Crippen molar-refractivity contribution >= 4 is 38.9 Å². The lowest BCUT2D eigenvalue weighted by Crippen LogP contribution is -2.13. The third kappa shape index (κ3) is 3.93. The molecule has 0 fully saturated rings. The zero-order valence-electron chi connectivity index (χ0n) is 12.5. The van der Waals surface area contributed by atoms with Crippen LogP contribution >= 0.6 is 15.9 Å². The number of nitro groups is 2. The highest BCUT2D eigenvalue weighted by Gasteiger charge is 2.20. The van der Waals surface area contributed by atoms with E-state index < -0.39 is 27.1 Å². The number of nitrogens with zero attached hydrogens (tertiary/aromatic N) is 2. The molecule has 0 aromatic heterocycles. The zero-order chi connectivity index (χ0) is 17.9. The summed E-state index contributed by atoms with van der Waals surface area (Å²) in [4.78, 5) is 32.5. The molecule has 0 saturated carbocycles. The number of anilines is 1. The van der Waals surface area contributed by atoms with Gasteiger partial charge in [0.2, 0.25) is 0 Å². The van der Waals surface area contributed by atoms with Gasteiger partial charge in [-0.05, 0) is 40.0 Å². The van der Waals surface area contributed by atoms with Crippen molar-refractivity contribution in [1.29, 1.82) is 0 Å². The molecule has 2 aromatic carbocycles. The van der Waals surface area contributed by atoms with Gasteiger partial charge >= 0.3 is 0 Å². The summed E-state index contributed by atoms with van der Waals surface area (Å²) in [5, 5.41) is 24.3. The first-order valence-corrected chi connectivity index (χ1v) is 7.64. The Balaban J connectivity index is 2.35. The van der Waals surface area contributed by atoms with E-state index in [-0.39, 0.29) is 5.56 Å². The lowest BCUT2D eigenvalue weighted by Gasteiger charge is -2.09. The maximum Gasteiger partial charge on any atom is 0.277 e. The van der Waals surface area contributed by atoms with Crippen LogP contribution in [0.3, 0.4) is 0 Å². The topological polar surface area (TPSA) is 115 Å². The molecule has 0 unspecified atom stereocenters. The Kier molecular flexibility index (Phi) is 5.24. The fraction of sp³-hybridized carbons (Fsp3) is 0.133. The predicted molar refractivity (Wildman–Crippen MR) is 91.2 cm³/mol. The van der Waals surface area contributed by atoms with Crippen LogP contribution in [-0.2, 0) is 6.42 Å². The Bertz CT molecular complexity index is 806. The van der Waals surface area contributed by atoms with E-state index in [9.17, 15) is 25.0 Å². The number of aryl methyl sites for hydroxylation is 1. The Morgan fingerprint density at radius 3 is 2.12 bits per heavy atom. The van der Waals surface area contributed by atoms with Gasteiger partial charge in [0.1, 0.15) is 0 Å². The molecule has 0 spiro atoms. The monoisotopic (exact) mass is 393 g/mol. The molecule has 124 valence electrons. The second kappa shape index (κ2) is 7.18. The molecule has 2 aromatic rings. The number of hydrogen-bond acceptors (Lipinski definition) is 5. The largest absolute Gasteiger partial charge is 0.321 e. The summed E-state index contributed by atoms with van der Waals surface area (Å²) in [5.41, 5.74) is 0.323. The minimum atomic E-state index is -0.782. The number of non-ortho nitro benzene ring substituents is 2. The van der Waals surface area contributed by atoms with Crippen LogP contribution in [-0.4, -0.2) is 15.8 Å².